The highest BCUT2D eigenvalue weighted by Crippen LogP contribution is 2.45. The Morgan fingerprint density at radius 3 is 2.59 bits per heavy atom. The number of nitrogens with zero attached hydrogens (tertiary/aromatic N) is 2. The van der Waals surface area contributed by atoms with Crippen molar-refractivity contribution in [2.45, 2.75) is 40.3 Å². The zero-order chi connectivity index (χ0) is 24.2. The van der Waals surface area contributed by atoms with E-state index in [1.807, 2.05) is 42.5 Å². The van der Waals surface area contributed by atoms with E-state index in [-0.39, 0.29) is 12.0 Å². The summed E-state index contributed by atoms with van der Waals surface area (Å²) >= 11 is 5.21. The maximum atomic E-state index is 13.0. The number of benzene rings is 2. The Morgan fingerprint density at radius 1 is 1.12 bits per heavy atom. The molecular formula is C26H27BrN2O4S. The Balaban J connectivity index is 1.72. The number of amidine groups is 1. The number of allylic oxidation sites excluding steroid dienone is 1. The molecule has 0 aliphatic carbocycles. The maximum Gasteiger partial charge on any atom is 0.338 e. The van der Waals surface area contributed by atoms with Gasteiger partial charge in [-0.25, -0.2) is 9.79 Å². The van der Waals surface area contributed by atoms with Crippen LogP contribution < -0.4 is 9.47 Å². The Hall–Kier alpha value is -2.71. The number of fused-ring (bicyclic) bond motifs is 1. The van der Waals surface area contributed by atoms with Gasteiger partial charge in [0.2, 0.25) is 0 Å². The number of carbonyl (C=O) groups is 1. The van der Waals surface area contributed by atoms with Gasteiger partial charge >= 0.3 is 5.97 Å². The van der Waals surface area contributed by atoms with Gasteiger partial charge in [0.15, 0.2) is 16.7 Å². The second-order valence-electron chi connectivity index (χ2n) is 7.86. The SMILES string of the molecule is CCOC(=O)C1=C(C)N=C2SC=CN2[C@H]1c1cc(Br)c(OCc2ccc(C)cc2)c(OCC)c1. The fraction of sp³-hybridized carbons (Fsp3) is 0.308. The van der Waals surface area contributed by atoms with Gasteiger partial charge in [-0.05, 0) is 72.3 Å². The number of thioether (sulfide) groups is 1. The summed E-state index contributed by atoms with van der Waals surface area (Å²) in [7, 11) is 0. The van der Waals surface area contributed by atoms with E-state index in [0.717, 1.165) is 20.8 Å². The number of esters is 1. The van der Waals surface area contributed by atoms with Crippen LogP contribution in [0, 0.1) is 6.92 Å². The third-order valence-electron chi connectivity index (χ3n) is 5.47. The Morgan fingerprint density at radius 2 is 1.88 bits per heavy atom. The largest absolute Gasteiger partial charge is 0.490 e. The van der Waals surface area contributed by atoms with E-state index in [4.69, 9.17) is 14.2 Å². The molecule has 4 rings (SSSR count). The normalized spacial score (nSPS) is 16.9. The second kappa shape index (κ2) is 10.7. The smallest absolute Gasteiger partial charge is 0.338 e. The molecule has 0 saturated carbocycles. The molecular weight excluding hydrogens is 516 g/mol. The van der Waals surface area contributed by atoms with Crippen molar-refractivity contribution in [3.63, 3.8) is 0 Å². The summed E-state index contributed by atoms with van der Waals surface area (Å²) in [5.41, 5.74) is 4.31. The molecule has 0 amide bonds. The Labute approximate surface area is 212 Å². The lowest BCUT2D eigenvalue weighted by Gasteiger charge is -2.33. The Bertz CT molecular complexity index is 1170. The van der Waals surface area contributed by atoms with E-state index >= 15 is 0 Å². The molecule has 0 aromatic heterocycles. The van der Waals surface area contributed by atoms with Crippen molar-refractivity contribution >= 4 is 38.8 Å². The van der Waals surface area contributed by atoms with Crippen molar-refractivity contribution in [3.8, 4) is 11.5 Å². The fourth-order valence-electron chi connectivity index (χ4n) is 3.89. The minimum atomic E-state index is -0.389. The van der Waals surface area contributed by atoms with Gasteiger partial charge in [0.05, 0.1) is 35.0 Å². The first-order valence-corrected chi connectivity index (χ1v) is 12.8. The average molecular weight is 543 g/mol. The lowest BCUT2D eigenvalue weighted by Crippen LogP contribution is -2.34. The van der Waals surface area contributed by atoms with Crippen LogP contribution in [0.4, 0.5) is 0 Å². The first-order valence-electron chi connectivity index (χ1n) is 11.2. The number of hydrogen-bond donors (Lipinski definition) is 0. The molecule has 0 radical (unpaired) electrons. The zero-order valence-corrected chi connectivity index (χ0v) is 22.0. The van der Waals surface area contributed by atoms with Gasteiger partial charge in [0.25, 0.3) is 0 Å². The molecule has 2 aliphatic heterocycles. The predicted molar refractivity (Wildman–Crippen MR) is 139 cm³/mol. The monoisotopic (exact) mass is 542 g/mol. The molecule has 0 saturated heterocycles. The average Bonchev–Trinajstić information content (AvgIpc) is 3.27. The van der Waals surface area contributed by atoms with Crippen LogP contribution in [-0.4, -0.2) is 29.3 Å². The van der Waals surface area contributed by atoms with Gasteiger partial charge in [-0.1, -0.05) is 41.6 Å². The Kier molecular flexibility index (Phi) is 7.68. The number of carbonyl (C=O) groups excluding carboxylic acids is 1. The first-order chi connectivity index (χ1) is 16.4. The molecule has 2 aromatic carbocycles. The highest BCUT2D eigenvalue weighted by Gasteiger charge is 2.38. The van der Waals surface area contributed by atoms with Gasteiger partial charge in [0.1, 0.15) is 6.61 Å². The molecule has 8 heteroatoms. The highest BCUT2D eigenvalue weighted by molar-refractivity contribution is 9.10. The quantitative estimate of drug-likeness (QED) is 0.354. The minimum Gasteiger partial charge on any atom is -0.490 e. The van der Waals surface area contributed by atoms with E-state index in [2.05, 4.69) is 52.1 Å². The fourth-order valence-corrected chi connectivity index (χ4v) is 5.25. The molecule has 34 heavy (non-hydrogen) atoms. The number of hydrogen-bond acceptors (Lipinski definition) is 7. The van der Waals surface area contributed by atoms with E-state index in [9.17, 15) is 4.79 Å². The molecule has 0 N–H and O–H groups in total. The van der Waals surface area contributed by atoms with Crippen LogP contribution >= 0.6 is 27.7 Å². The highest BCUT2D eigenvalue weighted by atomic mass is 79.9. The van der Waals surface area contributed by atoms with Crippen LogP contribution in [0.5, 0.6) is 11.5 Å². The van der Waals surface area contributed by atoms with Crippen molar-refractivity contribution in [1.29, 1.82) is 0 Å². The van der Waals surface area contributed by atoms with Crippen molar-refractivity contribution in [2.75, 3.05) is 13.2 Å². The summed E-state index contributed by atoms with van der Waals surface area (Å²) in [5, 5.41) is 2.79. The predicted octanol–water partition coefficient (Wildman–Crippen LogP) is 6.50. The van der Waals surface area contributed by atoms with Gasteiger partial charge in [0, 0.05) is 6.20 Å². The molecule has 0 fully saturated rings. The van der Waals surface area contributed by atoms with Gasteiger partial charge in [-0.15, -0.1) is 0 Å². The number of aliphatic imine (C=N–C) groups is 1. The third-order valence-corrected chi connectivity index (χ3v) is 6.83. The number of aryl methyl sites for hydroxylation is 1. The summed E-state index contributed by atoms with van der Waals surface area (Å²) in [6, 6.07) is 11.8. The molecule has 2 heterocycles. The summed E-state index contributed by atoms with van der Waals surface area (Å²) < 4.78 is 18.3. The summed E-state index contributed by atoms with van der Waals surface area (Å²) in [6.45, 7) is 8.83. The lowest BCUT2D eigenvalue weighted by molar-refractivity contribution is -0.139. The van der Waals surface area contributed by atoms with Crippen molar-refractivity contribution in [3.05, 3.63) is 80.4 Å². The van der Waals surface area contributed by atoms with Crippen LogP contribution in [0.15, 0.2) is 68.7 Å². The zero-order valence-electron chi connectivity index (χ0n) is 19.6. The molecule has 0 spiro atoms. The standard InChI is InChI=1S/C26H27BrN2O4S/c1-5-31-21-14-19(13-20(27)24(21)33-15-18-9-7-16(3)8-10-18)23-22(25(30)32-6-2)17(4)28-26-29(23)11-12-34-26/h7-14,23H,5-6,15H2,1-4H3/t23-/m0/s1. The first kappa shape index (κ1) is 24.4. The van der Waals surface area contributed by atoms with Gasteiger partial charge < -0.3 is 19.1 Å². The molecule has 1 atom stereocenters. The van der Waals surface area contributed by atoms with Crippen molar-refractivity contribution < 1.29 is 19.0 Å². The van der Waals surface area contributed by atoms with Crippen LogP contribution in [-0.2, 0) is 16.1 Å². The molecule has 178 valence electrons. The van der Waals surface area contributed by atoms with E-state index < -0.39 is 0 Å². The van der Waals surface area contributed by atoms with E-state index in [0.29, 0.717) is 42.6 Å². The van der Waals surface area contributed by atoms with E-state index in [1.54, 1.807) is 6.92 Å². The molecule has 2 aliphatic rings. The molecule has 2 aromatic rings. The maximum absolute atomic E-state index is 13.0. The molecule has 0 unspecified atom stereocenters. The number of rotatable bonds is 8. The van der Waals surface area contributed by atoms with Gasteiger partial charge in [-0.3, -0.25) is 0 Å². The second-order valence-corrected chi connectivity index (χ2v) is 9.59. The summed E-state index contributed by atoms with van der Waals surface area (Å²) in [5.74, 6) is 0.868. The van der Waals surface area contributed by atoms with Crippen LogP contribution in [0.1, 0.15) is 43.5 Å². The third kappa shape index (κ3) is 5.03. The van der Waals surface area contributed by atoms with Crippen LogP contribution in [0.3, 0.4) is 0 Å². The van der Waals surface area contributed by atoms with Crippen molar-refractivity contribution in [1.82, 2.24) is 4.90 Å². The minimum absolute atomic E-state index is 0.295. The van der Waals surface area contributed by atoms with E-state index in [1.165, 1.54) is 17.3 Å². The van der Waals surface area contributed by atoms with Crippen molar-refractivity contribution in [2.24, 2.45) is 4.99 Å². The topological polar surface area (TPSA) is 60.4 Å². The number of halogens is 1. The van der Waals surface area contributed by atoms with Crippen LogP contribution in [0.25, 0.3) is 0 Å². The summed E-state index contributed by atoms with van der Waals surface area (Å²) in [4.78, 5) is 19.6. The molecule has 6 nitrogen and oxygen atoms in total. The lowest BCUT2D eigenvalue weighted by atomic mass is 9.94. The van der Waals surface area contributed by atoms with Crippen LogP contribution in [0.2, 0.25) is 0 Å². The number of ether oxygens (including phenoxy) is 3. The van der Waals surface area contributed by atoms with Gasteiger partial charge in [-0.2, -0.15) is 0 Å². The summed E-state index contributed by atoms with van der Waals surface area (Å²) in [6.07, 6.45) is 1.94. The molecule has 0 bridgehead atoms.